The van der Waals surface area contributed by atoms with Gasteiger partial charge in [-0.3, -0.25) is 4.79 Å². The van der Waals surface area contributed by atoms with E-state index in [2.05, 4.69) is 23.1 Å². The number of benzene rings is 2. The summed E-state index contributed by atoms with van der Waals surface area (Å²) in [6, 6.07) is 18.7. The Morgan fingerprint density at radius 1 is 1.09 bits per heavy atom. The third-order valence-corrected chi connectivity index (χ3v) is 8.33. The van der Waals surface area contributed by atoms with E-state index in [1.54, 1.807) is 7.11 Å². The smallest absolute Gasteiger partial charge is 0.253 e. The van der Waals surface area contributed by atoms with Gasteiger partial charge in [0.25, 0.3) is 5.91 Å². The van der Waals surface area contributed by atoms with Gasteiger partial charge in [0, 0.05) is 37.2 Å². The van der Waals surface area contributed by atoms with Gasteiger partial charge in [-0.25, -0.2) is 0 Å². The molecule has 2 aliphatic carbocycles. The number of hydrogen-bond donors (Lipinski definition) is 0. The summed E-state index contributed by atoms with van der Waals surface area (Å²) in [7, 11) is 3.75. The van der Waals surface area contributed by atoms with E-state index >= 15 is 0 Å². The first-order valence-electron chi connectivity index (χ1n) is 12.3. The SMILES string of the molecule is COc1cccc(C23CCN(CC4CC4)CC2CC[C@@H](N(C)C(=O)c2ccccc2)C3)c1. The fourth-order valence-corrected chi connectivity index (χ4v) is 6.23. The number of hydrogen-bond acceptors (Lipinski definition) is 3. The Morgan fingerprint density at radius 2 is 1.91 bits per heavy atom. The second kappa shape index (κ2) is 8.90. The maximum absolute atomic E-state index is 13.2. The molecule has 170 valence electrons. The highest BCUT2D eigenvalue weighted by Gasteiger charge is 2.49. The molecule has 1 aliphatic heterocycles. The Morgan fingerprint density at radius 3 is 2.66 bits per heavy atom. The maximum atomic E-state index is 13.2. The van der Waals surface area contributed by atoms with Crippen LogP contribution in [0.15, 0.2) is 54.6 Å². The minimum atomic E-state index is 0.114. The topological polar surface area (TPSA) is 32.8 Å². The summed E-state index contributed by atoms with van der Waals surface area (Å²) in [5.41, 5.74) is 2.30. The average Bonchev–Trinajstić information content (AvgIpc) is 3.67. The van der Waals surface area contributed by atoms with Gasteiger partial charge < -0.3 is 14.5 Å². The molecule has 2 aromatic carbocycles. The normalized spacial score (nSPS) is 28.1. The van der Waals surface area contributed by atoms with Crippen LogP contribution >= 0.6 is 0 Å². The van der Waals surface area contributed by atoms with Crippen molar-refractivity contribution in [1.82, 2.24) is 9.80 Å². The molecule has 3 atom stereocenters. The van der Waals surface area contributed by atoms with E-state index in [4.69, 9.17) is 4.74 Å². The fourth-order valence-electron chi connectivity index (χ4n) is 6.23. The van der Waals surface area contributed by atoms with Crippen LogP contribution in [0.5, 0.6) is 5.75 Å². The average molecular weight is 433 g/mol. The minimum absolute atomic E-state index is 0.114. The lowest BCUT2D eigenvalue weighted by Gasteiger charge is -2.54. The summed E-state index contributed by atoms with van der Waals surface area (Å²) in [6.45, 7) is 3.63. The third-order valence-electron chi connectivity index (χ3n) is 8.33. The molecule has 0 spiro atoms. The van der Waals surface area contributed by atoms with Crippen LogP contribution in [0.2, 0.25) is 0 Å². The van der Waals surface area contributed by atoms with Crippen LogP contribution in [0.4, 0.5) is 0 Å². The summed E-state index contributed by atoms with van der Waals surface area (Å²) in [4.78, 5) is 18.0. The number of nitrogens with zero attached hydrogens (tertiary/aromatic N) is 2. The summed E-state index contributed by atoms with van der Waals surface area (Å²) >= 11 is 0. The molecule has 2 saturated carbocycles. The number of amides is 1. The van der Waals surface area contributed by atoms with Crippen molar-refractivity contribution in [2.24, 2.45) is 11.8 Å². The van der Waals surface area contributed by atoms with Gasteiger partial charge in [0.1, 0.15) is 5.75 Å². The summed E-state index contributed by atoms with van der Waals surface area (Å²) in [5, 5.41) is 0. The largest absolute Gasteiger partial charge is 0.497 e. The van der Waals surface area contributed by atoms with Crippen LogP contribution in [-0.2, 0) is 5.41 Å². The second-order valence-electron chi connectivity index (χ2n) is 10.3. The van der Waals surface area contributed by atoms with Gasteiger partial charge in [0.15, 0.2) is 0 Å². The molecule has 0 bridgehead atoms. The predicted octanol–water partition coefficient (Wildman–Crippen LogP) is 4.99. The molecule has 0 N–H and O–H groups in total. The first-order valence-corrected chi connectivity index (χ1v) is 12.3. The number of fused-ring (bicyclic) bond motifs is 1. The van der Waals surface area contributed by atoms with Gasteiger partial charge in [0.05, 0.1) is 7.11 Å². The Bertz CT molecular complexity index is 941. The lowest BCUT2D eigenvalue weighted by molar-refractivity contribution is 0.0175. The highest BCUT2D eigenvalue weighted by molar-refractivity contribution is 5.94. The Kier molecular flexibility index (Phi) is 5.98. The molecule has 1 amide bonds. The van der Waals surface area contributed by atoms with Crippen LogP contribution in [0, 0.1) is 11.8 Å². The van der Waals surface area contributed by atoms with Crippen LogP contribution in [0.3, 0.4) is 0 Å². The first kappa shape index (κ1) is 21.5. The molecule has 4 nitrogen and oxygen atoms in total. The quantitative estimate of drug-likeness (QED) is 0.645. The zero-order valence-corrected chi connectivity index (χ0v) is 19.5. The molecule has 0 radical (unpaired) electrons. The van der Waals surface area contributed by atoms with E-state index in [1.165, 1.54) is 44.3 Å². The number of rotatable bonds is 6. The number of ether oxygens (including phenoxy) is 1. The van der Waals surface area contributed by atoms with Gasteiger partial charge in [-0.2, -0.15) is 0 Å². The maximum Gasteiger partial charge on any atom is 0.253 e. The molecular formula is C28H36N2O2. The Labute approximate surface area is 192 Å². The zero-order valence-electron chi connectivity index (χ0n) is 19.5. The predicted molar refractivity (Wildman–Crippen MR) is 128 cm³/mol. The number of piperidine rings is 1. The lowest BCUT2D eigenvalue weighted by Crippen LogP contribution is -2.56. The van der Waals surface area contributed by atoms with Crippen molar-refractivity contribution in [1.29, 1.82) is 0 Å². The van der Waals surface area contributed by atoms with Gasteiger partial charge >= 0.3 is 0 Å². The fraction of sp³-hybridized carbons (Fsp3) is 0.536. The molecule has 32 heavy (non-hydrogen) atoms. The van der Waals surface area contributed by atoms with Crippen molar-refractivity contribution in [3.05, 3.63) is 65.7 Å². The molecule has 3 fully saturated rings. The van der Waals surface area contributed by atoms with Gasteiger partial charge in [0.2, 0.25) is 0 Å². The molecule has 1 heterocycles. The van der Waals surface area contributed by atoms with Crippen molar-refractivity contribution in [2.45, 2.75) is 50.0 Å². The number of methoxy groups -OCH3 is 1. The van der Waals surface area contributed by atoms with Crippen LogP contribution in [0.1, 0.15) is 54.4 Å². The summed E-state index contributed by atoms with van der Waals surface area (Å²) < 4.78 is 5.60. The van der Waals surface area contributed by atoms with Gasteiger partial charge in [-0.1, -0.05) is 30.3 Å². The zero-order chi connectivity index (χ0) is 22.1. The van der Waals surface area contributed by atoms with Crippen LogP contribution in [0.25, 0.3) is 0 Å². The minimum Gasteiger partial charge on any atom is -0.497 e. The van der Waals surface area contributed by atoms with Crippen molar-refractivity contribution in [3.8, 4) is 5.75 Å². The lowest BCUT2D eigenvalue weighted by atomic mass is 9.57. The molecular weight excluding hydrogens is 396 g/mol. The summed E-state index contributed by atoms with van der Waals surface area (Å²) in [6.07, 6.45) is 7.30. The Hall–Kier alpha value is -2.33. The van der Waals surface area contributed by atoms with E-state index in [0.717, 1.165) is 36.6 Å². The van der Waals surface area contributed by atoms with E-state index in [-0.39, 0.29) is 17.4 Å². The van der Waals surface area contributed by atoms with E-state index in [9.17, 15) is 4.79 Å². The van der Waals surface area contributed by atoms with Crippen molar-refractivity contribution < 1.29 is 9.53 Å². The van der Waals surface area contributed by atoms with Crippen LogP contribution < -0.4 is 4.74 Å². The molecule has 0 aromatic heterocycles. The molecule has 3 aliphatic rings. The molecule has 1 saturated heterocycles. The van der Waals surface area contributed by atoms with Gasteiger partial charge in [-0.05, 0) is 86.7 Å². The Balaban J connectivity index is 1.42. The molecule has 2 unspecified atom stereocenters. The molecule has 4 heteroatoms. The second-order valence-corrected chi connectivity index (χ2v) is 10.3. The van der Waals surface area contributed by atoms with Gasteiger partial charge in [-0.15, -0.1) is 0 Å². The molecule has 5 rings (SSSR count). The highest BCUT2D eigenvalue weighted by Crippen LogP contribution is 2.51. The van der Waals surface area contributed by atoms with E-state index < -0.39 is 0 Å². The highest BCUT2D eigenvalue weighted by atomic mass is 16.5. The van der Waals surface area contributed by atoms with E-state index in [1.807, 2.05) is 48.3 Å². The van der Waals surface area contributed by atoms with Crippen molar-refractivity contribution in [3.63, 3.8) is 0 Å². The monoisotopic (exact) mass is 432 g/mol. The van der Waals surface area contributed by atoms with Crippen molar-refractivity contribution >= 4 is 5.91 Å². The number of likely N-dealkylation sites (tertiary alicyclic amines) is 1. The van der Waals surface area contributed by atoms with Crippen molar-refractivity contribution in [2.75, 3.05) is 33.8 Å². The summed E-state index contributed by atoms with van der Waals surface area (Å²) in [5.74, 6) is 2.65. The number of carbonyl (C=O) groups excluding carboxylic acids is 1. The standard InChI is InChI=1S/C28H36N2O2/c1-29(27(31)22-7-4-3-5-8-22)25-14-13-24-20-30(19-21-11-12-21)16-15-28(24,18-25)23-9-6-10-26(17-23)32-2/h3-10,17,21,24-25H,11-16,18-20H2,1-2H3/t24?,25-,28?/m1/s1. The first-order chi connectivity index (χ1) is 15.6. The van der Waals surface area contributed by atoms with E-state index in [0.29, 0.717) is 5.92 Å². The number of carbonyl (C=O) groups is 1. The third kappa shape index (κ3) is 4.17. The van der Waals surface area contributed by atoms with Crippen LogP contribution in [-0.4, -0.2) is 55.5 Å². The molecule has 2 aromatic rings.